The standard InChI is InChI=1S/C18H29NO3/c1-11-7-14-15(9-18(2,3)10-16(14)20)19(11)13-6-4-5-12(8-13)17(21)22/h11-15H,4-10H2,1-3H3,(H,21,22). The van der Waals surface area contributed by atoms with Gasteiger partial charge in [-0.25, -0.2) is 0 Å². The van der Waals surface area contributed by atoms with Gasteiger partial charge >= 0.3 is 5.97 Å². The molecule has 1 aliphatic heterocycles. The first-order chi connectivity index (χ1) is 10.3. The maximum atomic E-state index is 12.5. The zero-order valence-electron chi connectivity index (χ0n) is 14.0. The van der Waals surface area contributed by atoms with Crippen LogP contribution in [0.3, 0.4) is 0 Å². The van der Waals surface area contributed by atoms with Crippen LogP contribution in [0.2, 0.25) is 0 Å². The predicted molar refractivity (Wildman–Crippen MR) is 84.6 cm³/mol. The van der Waals surface area contributed by atoms with E-state index in [1.807, 2.05) is 0 Å². The highest BCUT2D eigenvalue weighted by molar-refractivity contribution is 5.83. The number of carboxylic acids is 1. The molecule has 22 heavy (non-hydrogen) atoms. The van der Waals surface area contributed by atoms with E-state index in [0.717, 1.165) is 38.5 Å². The highest BCUT2D eigenvalue weighted by Gasteiger charge is 2.51. The summed E-state index contributed by atoms with van der Waals surface area (Å²) in [6, 6.07) is 1.09. The molecule has 0 amide bonds. The Balaban J connectivity index is 1.80. The third-order valence-electron chi connectivity index (χ3n) is 6.20. The van der Waals surface area contributed by atoms with Gasteiger partial charge in [-0.05, 0) is 44.4 Å². The van der Waals surface area contributed by atoms with E-state index in [2.05, 4.69) is 25.7 Å². The van der Waals surface area contributed by atoms with Crippen LogP contribution in [0.4, 0.5) is 0 Å². The molecule has 0 aromatic heterocycles. The van der Waals surface area contributed by atoms with Crippen LogP contribution in [-0.2, 0) is 9.59 Å². The van der Waals surface area contributed by atoms with Crippen LogP contribution in [0.25, 0.3) is 0 Å². The Morgan fingerprint density at radius 2 is 2.00 bits per heavy atom. The molecule has 0 aromatic carbocycles. The number of hydrogen-bond acceptors (Lipinski definition) is 3. The monoisotopic (exact) mass is 307 g/mol. The molecule has 3 fully saturated rings. The van der Waals surface area contributed by atoms with Crippen molar-refractivity contribution in [2.24, 2.45) is 17.3 Å². The van der Waals surface area contributed by atoms with Gasteiger partial charge in [-0.1, -0.05) is 20.3 Å². The van der Waals surface area contributed by atoms with E-state index in [9.17, 15) is 14.7 Å². The molecule has 0 spiro atoms. The van der Waals surface area contributed by atoms with E-state index in [1.54, 1.807) is 0 Å². The highest BCUT2D eigenvalue weighted by atomic mass is 16.4. The van der Waals surface area contributed by atoms with Crippen molar-refractivity contribution in [2.45, 2.75) is 83.8 Å². The molecule has 1 N–H and O–H groups in total. The average molecular weight is 307 g/mol. The Hall–Kier alpha value is -0.900. The first kappa shape index (κ1) is 16.0. The number of fused-ring (bicyclic) bond motifs is 1. The van der Waals surface area contributed by atoms with Gasteiger partial charge in [0.05, 0.1) is 5.92 Å². The second-order valence-electron chi connectivity index (χ2n) is 8.57. The lowest BCUT2D eigenvalue weighted by molar-refractivity contribution is -0.144. The van der Waals surface area contributed by atoms with Crippen molar-refractivity contribution in [3.63, 3.8) is 0 Å². The molecule has 1 heterocycles. The lowest BCUT2D eigenvalue weighted by atomic mass is 9.69. The number of nitrogens with zero attached hydrogens (tertiary/aromatic N) is 1. The first-order valence-electron chi connectivity index (χ1n) is 8.81. The molecule has 2 aliphatic carbocycles. The smallest absolute Gasteiger partial charge is 0.306 e. The van der Waals surface area contributed by atoms with Crippen LogP contribution in [0.15, 0.2) is 0 Å². The normalized spacial score (nSPS) is 42.1. The third kappa shape index (κ3) is 2.82. The van der Waals surface area contributed by atoms with E-state index < -0.39 is 5.97 Å². The predicted octanol–water partition coefficient (Wildman–Crippen LogP) is 3.10. The summed E-state index contributed by atoms with van der Waals surface area (Å²) in [7, 11) is 0. The summed E-state index contributed by atoms with van der Waals surface area (Å²) in [6.45, 7) is 6.62. The van der Waals surface area contributed by atoms with Crippen LogP contribution in [0, 0.1) is 17.3 Å². The minimum Gasteiger partial charge on any atom is -0.481 e. The molecule has 4 heteroatoms. The Bertz CT molecular complexity index is 473. The van der Waals surface area contributed by atoms with Gasteiger partial charge in [-0.15, -0.1) is 0 Å². The molecule has 2 saturated carbocycles. The number of aliphatic carboxylic acids is 1. The summed E-state index contributed by atoms with van der Waals surface area (Å²) in [4.78, 5) is 26.4. The zero-order chi connectivity index (χ0) is 16.1. The summed E-state index contributed by atoms with van der Waals surface area (Å²) in [5, 5.41) is 9.35. The molecule has 1 saturated heterocycles. The number of carbonyl (C=O) groups excluding carboxylic acids is 1. The van der Waals surface area contributed by atoms with Gasteiger partial charge in [-0.3, -0.25) is 14.5 Å². The topological polar surface area (TPSA) is 57.6 Å². The Kier molecular flexibility index (Phi) is 4.09. The second-order valence-corrected chi connectivity index (χ2v) is 8.57. The van der Waals surface area contributed by atoms with Crippen molar-refractivity contribution in [3.05, 3.63) is 0 Å². The molecule has 4 nitrogen and oxygen atoms in total. The van der Waals surface area contributed by atoms with Crippen LogP contribution < -0.4 is 0 Å². The largest absolute Gasteiger partial charge is 0.481 e. The quantitative estimate of drug-likeness (QED) is 0.851. The van der Waals surface area contributed by atoms with Crippen molar-refractivity contribution in [1.82, 2.24) is 4.90 Å². The number of carbonyl (C=O) groups is 2. The molecule has 0 radical (unpaired) electrons. The van der Waals surface area contributed by atoms with Crippen molar-refractivity contribution in [2.75, 3.05) is 0 Å². The Morgan fingerprint density at radius 3 is 2.68 bits per heavy atom. The number of hydrogen-bond donors (Lipinski definition) is 1. The maximum absolute atomic E-state index is 12.5. The lowest BCUT2D eigenvalue weighted by Crippen LogP contribution is -2.51. The van der Waals surface area contributed by atoms with Crippen molar-refractivity contribution >= 4 is 11.8 Å². The van der Waals surface area contributed by atoms with E-state index in [0.29, 0.717) is 30.3 Å². The van der Waals surface area contributed by atoms with Crippen LogP contribution in [-0.4, -0.2) is 39.9 Å². The van der Waals surface area contributed by atoms with Crippen molar-refractivity contribution < 1.29 is 14.7 Å². The summed E-state index contributed by atoms with van der Waals surface area (Å²) in [5.41, 5.74) is 0.0847. The number of likely N-dealkylation sites (tertiary alicyclic amines) is 1. The zero-order valence-corrected chi connectivity index (χ0v) is 14.0. The minimum atomic E-state index is -0.645. The Morgan fingerprint density at radius 1 is 1.27 bits per heavy atom. The molecular formula is C18H29NO3. The van der Waals surface area contributed by atoms with Gasteiger partial charge in [0, 0.05) is 30.5 Å². The summed E-state index contributed by atoms with van der Waals surface area (Å²) in [6.07, 6.45) is 6.41. The number of Topliss-reactive ketones (excluding diaryl/α,β-unsaturated/α-hetero) is 1. The maximum Gasteiger partial charge on any atom is 0.306 e. The number of rotatable bonds is 2. The van der Waals surface area contributed by atoms with Crippen LogP contribution in [0.1, 0.15) is 65.7 Å². The number of carboxylic acid groups (broad SMARTS) is 1. The van der Waals surface area contributed by atoms with Gasteiger partial charge in [-0.2, -0.15) is 0 Å². The average Bonchev–Trinajstić information content (AvgIpc) is 2.74. The van der Waals surface area contributed by atoms with Gasteiger partial charge < -0.3 is 5.11 Å². The van der Waals surface area contributed by atoms with Crippen molar-refractivity contribution in [3.8, 4) is 0 Å². The first-order valence-corrected chi connectivity index (χ1v) is 8.81. The molecular weight excluding hydrogens is 278 g/mol. The van der Waals surface area contributed by atoms with E-state index in [4.69, 9.17) is 0 Å². The van der Waals surface area contributed by atoms with Gasteiger partial charge in [0.25, 0.3) is 0 Å². The van der Waals surface area contributed by atoms with Gasteiger partial charge in [0.15, 0.2) is 0 Å². The molecule has 0 bridgehead atoms. The molecule has 0 aromatic rings. The van der Waals surface area contributed by atoms with E-state index in [-0.39, 0.29) is 17.3 Å². The highest BCUT2D eigenvalue weighted by Crippen LogP contribution is 2.47. The lowest BCUT2D eigenvalue weighted by Gasteiger charge is -2.45. The fourth-order valence-corrected chi connectivity index (χ4v) is 5.31. The van der Waals surface area contributed by atoms with Crippen LogP contribution >= 0.6 is 0 Å². The molecule has 5 unspecified atom stereocenters. The molecule has 124 valence electrons. The third-order valence-corrected chi connectivity index (χ3v) is 6.20. The fraction of sp³-hybridized carbons (Fsp3) is 0.889. The van der Waals surface area contributed by atoms with E-state index >= 15 is 0 Å². The SMILES string of the molecule is CC1CC2C(=O)CC(C)(C)CC2N1C1CCCC(C(=O)O)C1. The van der Waals surface area contributed by atoms with Crippen molar-refractivity contribution in [1.29, 1.82) is 0 Å². The summed E-state index contributed by atoms with van der Waals surface area (Å²) in [5.74, 6) is -0.222. The molecule has 3 rings (SSSR count). The van der Waals surface area contributed by atoms with E-state index in [1.165, 1.54) is 0 Å². The minimum absolute atomic E-state index is 0.0847. The molecule has 3 aliphatic rings. The Labute approximate surface area is 133 Å². The second kappa shape index (κ2) is 5.63. The summed E-state index contributed by atoms with van der Waals surface area (Å²) < 4.78 is 0. The summed E-state index contributed by atoms with van der Waals surface area (Å²) >= 11 is 0. The van der Waals surface area contributed by atoms with Crippen LogP contribution in [0.5, 0.6) is 0 Å². The van der Waals surface area contributed by atoms with Gasteiger partial charge in [0.1, 0.15) is 5.78 Å². The molecule has 5 atom stereocenters. The van der Waals surface area contributed by atoms with Gasteiger partial charge in [0.2, 0.25) is 0 Å². The number of ketones is 1. The fourth-order valence-electron chi connectivity index (χ4n) is 5.31.